The summed E-state index contributed by atoms with van der Waals surface area (Å²) in [7, 11) is 1.78. The highest BCUT2D eigenvalue weighted by molar-refractivity contribution is 5.83. The maximum Gasteiger partial charge on any atom is 0.421 e. The van der Waals surface area contributed by atoms with Gasteiger partial charge in [-0.3, -0.25) is 0 Å². The summed E-state index contributed by atoms with van der Waals surface area (Å²) in [6.07, 6.45) is 3.44. The Labute approximate surface area is 64.8 Å². The third-order valence-corrected chi connectivity index (χ3v) is 1.34. The Kier molecular flexibility index (Phi) is 2.25. The summed E-state index contributed by atoms with van der Waals surface area (Å²) < 4.78 is 6.45. The van der Waals surface area contributed by atoms with Crippen molar-refractivity contribution < 1.29 is 14.1 Å². The van der Waals surface area contributed by atoms with Crippen molar-refractivity contribution in [2.75, 3.05) is 6.61 Å². The van der Waals surface area contributed by atoms with Crippen LogP contribution in [0.1, 0.15) is 17.5 Å². The van der Waals surface area contributed by atoms with E-state index in [2.05, 4.69) is 4.98 Å². The first-order chi connectivity index (χ1) is 5.25. The van der Waals surface area contributed by atoms with E-state index in [4.69, 9.17) is 4.74 Å². The average molecular weight is 155 g/mol. The second kappa shape index (κ2) is 3.18. The van der Waals surface area contributed by atoms with Crippen LogP contribution in [0.5, 0.6) is 0 Å². The zero-order valence-corrected chi connectivity index (χ0v) is 6.63. The first kappa shape index (κ1) is 7.78. The summed E-state index contributed by atoms with van der Waals surface area (Å²) >= 11 is 0. The third kappa shape index (κ3) is 1.58. The average Bonchev–Trinajstić information content (AvgIpc) is 2.36. The Balaban J connectivity index is 2.76. The van der Waals surface area contributed by atoms with Gasteiger partial charge in [0.25, 0.3) is 0 Å². The molecule has 0 amide bonds. The van der Waals surface area contributed by atoms with Crippen LogP contribution in [0.4, 0.5) is 0 Å². The fourth-order valence-electron chi connectivity index (χ4n) is 0.807. The molecule has 1 rings (SSSR count). The monoisotopic (exact) mass is 155 g/mol. The van der Waals surface area contributed by atoms with Crippen molar-refractivity contribution in [1.82, 2.24) is 4.98 Å². The number of hydrogen-bond donors (Lipinski definition) is 1. The summed E-state index contributed by atoms with van der Waals surface area (Å²) in [5.74, 6) is 0.145. The van der Waals surface area contributed by atoms with E-state index in [1.54, 1.807) is 30.9 Å². The summed E-state index contributed by atoms with van der Waals surface area (Å²) in [6, 6.07) is 0. The molecular formula is C7H11N2O2+. The third-order valence-electron chi connectivity index (χ3n) is 1.34. The second-order valence-electron chi connectivity index (χ2n) is 2.14. The number of nitrogens with one attached hydrogen (secondary N) is 1. The largest absolute Gasteiger partial charge is 0.457 e. The van der Waals surface area contributed by atoms with Gasteiger partial charge in [-0.15, -0.1) is 0 Å². The minimum absolute atomic E-state index is 0.319. The van der Waals surface area contributed by atoms with Crippen LogP contribution < -0.4 is 4.57 Å². The summed E-state index contributed by atoms with van der Waals surface area (Å²) in [4.78, 5) is 13.8. The number of aryl methyl sites for hydroxylation is 1. The van der Waals surface area contributed by atoms with Crippen molar-refractivity contribution in [3.63, 3.8) is 0 Å². The van der Waals surface area contributed by atoms with Gasteiger partial charge >= 0.3 is 11.8 Å². The van der Waals surface area contributed by atoms with Gasteiger partial charge in [-0.1, -0.05) is 0 Å². The molecule has 1 N–H and O–H groups in total. The first-order valence-electron chi connectivity index (χ1n) is 3.46. The highest BCUT2D eigenvalue weighted by Crippen LogP contribution is 1.89. The molecule has 4 heteroatoms. The van der Waals surface area contributed by atoms with Crippen molar-refractivity contribution in [3.05, 3.63) is 18.2 Å². The molecule has 0 bridgehead atoms. The number of carbonyl (C=O) groups is 1. The topological polar surface area (TPSA) is 46.0 Å². The van der Waals surface area contributed by atoms with E-state index in [1.807, 2.05) is 0 Å². The molecule has 0 aromatic carbocycles. The fourth-order valence-corrected chi connectivity index (χ4v) is 0.807. The molecule has 0 saturated carbocycles. The van der Waals surface area contributed by atoms with Gasteiger partial charge < -0.3 is 4.74 Å². The number of nitrogens with zero attached hydrogens (tertiary/aromatic N) is 1. The molecule has 1 heterocycles. The van der Waals surface area contributed by atoms with Crippen LogP contribution in [-0.2, 0) is 11.8 Å². The van der Waals surface area contributed by atoms with E-state index in [0.29, 0.717) is 12.4 Å². The van der Waals surface area contributed by atoms with Gasteiger partial charge in [0.1, 0.15) is 12.4 Å². The van der Waals surface area contributed by atoms with Crippen molar-refractivity contribution in [3.8, 4) is 0 Å². The molecule has 1 aromatic rings. The van der Waals surface area contributed by atoms with Crippen molar-refractivity contribution >= 4 is 5.97 Å². The van der Waals surface area contributed by atoms with E-state index in [9.17, 15) is 4.79 Å². The van der Waals surface area contributed by atoms with Crippen molar-refractivity contribution in [2.24, 2.45) is 7.05 Å². The molecule has 0 aliphatic heterocycles. The van der Waals surface area contributed by atoms with E-state index in [-0.39, 0.29) is 5.97 Å². The highest BCUT2D eigenvalue weighted by Gasteiger charge is 2.17. The number of imidazole rings is 1. The maximum absolute atomic E-state index is 11.1. The quantitative estimate of drug-likeness (QED) is 0.483. The fraction of sp³-hybridized carbons (Fsp3) is 0.429. The van der Waals surface area contributed by atoms with E-state index in [0.717, 1.165) is 0 Å². The zero-order chi connectivity index (χ0) is 8.27. The molecule has 0 unspecified atom stereocenters. The summed E-state index contributed by atoms with van der Waals surface area (Å²) in [5.41, 5.74) is 0. The lowest BCUT2D eigenvalue weighted by Gasteiger charge is -1.94. The van der Waals surface area contributed by atoms with Gasteiger partial charge in [0, 0.05) is 0 Å². The van der Waals surface area contributed by atoms with Gasteiger partial charge in [-0.25, -0.2) is 14.3 Å². The zero-order valence-electron chi connectivity index (χ0n) is 6.63. The summed E-state index contributed by atoms with van der Waals surface area (Å²) in [5, 5.41) is 0. The van der Waals surface area contributed by atoms with Gasteiger partial charge in [0.05, 0.1) is 13.7 Å². The van der Waals surface area contributed by atoms with E-state index in [1.165, 1.54) is 0 Å². The standard InChI is InChI=1S/C7H10N2O2/c1-3-11-7(10)6-8-4-5-9(6)2/h4-5H,3H2,1-2H3/p+1. The summed E-state index contributed by atoms with van der Waals surface area (Å²) in [6.45, 7) is 2.18. The molecule has 11 heavy (non-hydrogen) atoms. The van der Waals surface area contributed by atoms with Crippen LogP contribution in [0.25, 0.3) is 0 Å². The lowest BCUT2D eigenvalue weighted by atomic mass is 10.6. The lowest BCUT2D eigenvalue weighted by molar-refractivity contribution is -0.672. The lowest BCUT2D eigenvalue weighted by Crippen LogP contribution is -2.34. The molecule has 4 nitrogen and oxygen atoms in total. The van der Waals surface area contributed by atoms with Crippen LogP contribution in [0.3, 0.4) is 0 Å². The van der Waals surface area contributed by atoms with Gasteiger partial charge in [-0.05, 0) is 6.92 Å². The van der Waals surface area contributed by atoms with Crippen LogP contribution in [0.2, 0.25) is 0 Å². The second-order valence-corrected chi connectivity index (χ2v) is 2.14. The highest BCUT2D eigenvalue weighted by atomic mass is 16.5. The Hall–Kier alpha value is -1.32. The number of hydrogen-bond acceptors (Lipinski definition) is 2. The smallest absolute Gasteiger partial charge is 0.421 e. The maximum atomic E-state index is 11.1. The normalized spacial score (nSPS) is 9.64. The van der Waals surface area contributed by atoms with Crippen LogP contribution in [-0.4, -0.2) is 17.6 Å². The van der Waals surface area contributed by atoms with Crippen molar-refractivity contribution in [1.29, 1.82) is 0 Å². The van der Waals surface area contributed by atoms with Gasteiger partial charge in [-0.2, -0.15) is 0 Å². The Morgan fingerprint density at radius 1 is 1.82 bits per heavy atom. The predicted molar refractivity (Wildman–Crippen MR) is 37.9 cm³/mol. The SMILES string of the molecule is CCOC(=O)c1[nH]cc[n+]1C. The molecule has 1 aromatic heterocycles. The van der Waals surface area contributed by atoms with Crippen molar-refractivity contribution in [2.45, 2.75) is 6.92 Å². The minimum atomic E-state index is -0.319. The molecule has 60 valence electrons. The molecule has 0 aliphatic rings. The Bertz CT molecular complexity index is 255. The molecule has 0 fully saturated rings. The first-order valence-corrected chi connectivity index (χ1v) is 3.46. The molecular weight excluding hydrogens is 144 g/mol. The molecule has 0 spiro atoms. The van der Waals surface area contributed by atoms with Crippen LogP contribution in [0, 0.1) is 0 Å². The Morgan fingerprint density at radius 2 is 2.55 bits per heavy atom. The van der Waals surface area contributed by atoms with E-state index < -0.39 is 0 Å². The Morgan fingerprint density at radius 3 is 3.00 bits per heavy atom. The van der Waals surface area contributed by atoms with E-state index >= 15 is 0 Å². The van der Waals surface area contributed by atoms with Crippen LogP contribution >= 0.6 is 0 Å². The number of aromatic amines is 1. The predicted octanol–water partition coefficient (Wildman–Crippen LogP) is 0.0159. The number of ether oxygens (including phenoxy) is 1. The molecule has 0 aliphatic carbocycles. The number of H-pyrrole nitrogens is 1. The molecule has 0 saturated heterocycles. The number of aromatic nitrogens is 2. The number of rotatable bonds is 2. The molecule has 0 atom stereocenters. The van der Waals surface area contributed by atoms with Crippen LogP contribution in [0.15, 0.2) is 12.4 Å². The minimum Gasteiger partial charge on any atom is -0.457 e. The number of carbonyl (C=O) groups excluding carboxylic acids is 1. The molecule has 0 radical (unpaired) electrons. The van der Waals surface area contributed by atoms with Gasteiger partial charge in [0.2, 0.25) is 0 Å². The van der Waals surface area contributed by atoms with Gasteiger partial charge in [0.15, 0.2) is 0 Å². The number of esters is 1.